The van der Waals surface area contributed by atoms with Gasteiger partial charge in [-0.2, -0.15) is 0 Å². The van der Waals surface area contributed by atoms with E-state index in [9.17, 15) is 0 Å². The molecule has 5 heteroatoms. The number of anilines is 3. The number of pyridine rings is 1. The molecule has 288 valence electrons. The molecule has 0 atom stereocenters. The van der Waals surface area contributed by atoms with Crippen LogP contribution in [0, 0.1) is 0 Å². The van der Waals surface area contributed by atoms with E-state index in [1.54, 1.807) is 5.20 Å². The van der Waals surface area contributed by atoms with Crippen LogP contribution in [0.2, 0.25) is 39.3 Å². The van der Waals surface area contributed by atoms with Gasteiger partial charge in [-0.1, -0.05) is 166 Å². The van der Waals surface area contributed by atoms with E-state index in [1.165, 1.54) is 38.7 Å². The predicted octanol–water partition coefficient (Wildman–Crippen LogP) is 13.9. The van der Waals surface area contributed by atoms with Gasteiger partial charge in [0.2, 0.25) is 0 Å². The summed E-state index contributed by atoms with van der Waals surface area (Å²) < 4.78 is 0. The summed E-state index contributed by atoms with van der Waals surface area (Å²) in [6.45, 7) is 15.4. The van der Waals surface area contributed by atoms with Gasteiger partial charge in [0.15, 0.2) is 0 Å². The van der Waals surface area contributed by atoms with Gasteiger partial charge in [-0.3, -0.25) is 4.98 Å². The Morgan fingerprint density at radius 3 is 1.53 bits per heavy atom. The van der Waals surface area contributed by atoms with E-state index < -0.39 is 16.1 Å². The number of aromatic nitrogens is 1. The molecule has 58 heavy (non-hydrogen) atoms. The molecule has 0 aliphatic carbocycles. The first kappa shape index (κ1) is 38.8. The first-order valence-corrected chi connectivity index (χ1v) is 27.4. The summed E-state index contributed by atoms with van der Waals surface area (Å²) in [4.78, 5) is 10.0. The van der Waals surface area contributed by atoms with Gasteiger partial charge in [0.25, 0.3) is 0 Å². The van der Waals surface area contributed by atoms with E-state index in [0.29, 0.717) is 0 Å². The molecule has 3 nitrogen and oxygen atoms in total. The second-order valence-electron chi connectivity index (χ2n) is 17.5. The topological polar surface area (TPSA) is 19.4 Å². The van der Waals surface area contributed by atoms with E-state index >= 15 is 0 Å². The van der Waals surface area contributed by atoms with Crippen LogP contribution in [-0.4, -0.2) is 39.6 Å². The maximum Gasteiger partial charge on any atom is 0.0796 e. The number of nitrogens with zero attached hydrogens (tertiary/aromatic N) is 3. The minimum absolute atomic E-state index is 0.943. The van der Waals surface area contributed by atoms with Crippen molar-refractivity contribution >= 4 is 44.1 Å². The Morgan fingerprint density at radius 2 is 1.00 bits per heavy atom. The Kier molecular flexibility index (Phi) is 10.8. The van der Waals surface area contributed by atoms with Crippen LogP contribution < -0.4 is 10.1 Å². The Bertz CT molecular complexity index is 2600. The lowest BCUT2D eigenvalue weighted by Crippen LogP contribution is -2.37. The molecular formula is C53H53N3Si2. The van der Waals surface area contributed by atoms with Crippen molar-refractivity contribution in [2.45, 2.75) is 39.3 Å². The third kappa shape index (κ3) is 8.33. The zero-order chi connectivity index (χ0) is 40.4. The molecule has 0 bridgehead atoms. The second kappa shape index (κ2) is 16.1. The highest BCUT2D eigenvalue weighted by Crippen LogP contribution is 2.45. The third-order valence-electron chi connectivity index (χ3n) is 11.2. The summed E-state index contributed by atoms with van der Waals surface area (Å²) in [5.74, 6) is 0. The van der Waals surface area contributed by atoms with E-state index in [4.69, 9.17) is 4.98 Å². The molecule has 0 saturated heterocycles. The molecule has 0 saturated carbocycles. The highest BCUT2D eigenvalue weighted by atomic mass is 28.3. The standard InChI is InChI=1S/C53H53N3Si2/c1-55-38-49(58(5,6)7)28-30-52(55)45-32-43(40-21-13-9-14-22-40)34-47(36-45)56(53-26-18-17-25-50(53)41-23-15-10-16-24-41)46-33-42(39-19-11-8-12-20-39)31-44(35-46)51-29-27-48(37-54-51)57(2,3)4/h8-37H,38H2,1-7H3. The summed E-state index contributed by atoms with van der Waals surface area (Å²) in [5, 5.41) is 2.92. The van der Waals surface area contributed by atoms with Crippen molar-refractivity contribution in [3.05, 3.63) is 193 Å². The molecule has 2 heterocycles. The molecule has 0 radical (unpaired) electrons. The number of hydrogen-bond donors (Lipinski definition) is 0. The lowest BCUT2D eigenvalue weighted by Gasteiger charge is -2.34. The Labute approximate surface area is 347 Å². The van der Waals surface area contributed by atoms with Crippen LogP contribution in [0.5, 0.6) is 0 Å². The average Bonchev–Trinajstić information content (AvgIpc) is 3.24. The van der Waals surface area contributed by atoms with Crippen LogP contribution in [-0.2, 0) is 0 Å². The molecule has 6 aromatic carbocycles. The normalized spacial score (nSPS) is 13.2. The molecule has 1 aliphatic heterocycles. The molecular weight excluding hydrogens is 735 g/mol. The first-order valence-electron chi connectivity index (χ1n) is 20.4. The predicted molar refractivity (Wildman–Crippen MR) is 256 cm³/mol. The highest BCUT2D eigenvalue weighted by Gasteiger charge is 2.26. The van der Waals surface area contributed by atoms with Crippen LogP contribution in [0.15, 0.2) is 187 Å². The molecule has 0 amide bonds. The summed E-state index contributed by atoms with van der Waals surface area (Å²) in [5.41, 5.74) is 14.7. The lowest BCUT2D eigenvalue weighted by molar-refractivity contribution is 0.524. The van der Waals surface area contributed by atoms with Gasteiger partial charge in [-0.25, -0.2) is 0 Å². The van der Waals surface area contributed by atoms with Crippen molar-refractivity contribution in [1.82, 2.24) is 9.88 Å². The summed E-state index contributed by atoms with van der Waals surface area (Å²) in [6, 6.07) is 59.7. The Morgan fingerprint density at radius 1 is 0.483 bits per heavy atom. The van der Waals surface area contributed by atoms with Crippen LogP contribution in [0.1, 0.15) is 5.56 Å². The van der Waals surface area contributed by atoms with Gasteiger partial charge in [0, 0.05) is 53.6 Å². The lowest BCUT2D eigenvalue weighted by atomic mass is 9.96. The molecule has 0 fully saturated rings. The first-order chi connectivity index (χ1) is 27.9. The van der Waals surface area contributed by atoms with Crippen molar-refractivity contribution in [2.24, 2.45) is 0 Å². The molecule has 7 aromatic rings. The van der Waals surface area contributed by atoms with Gasteiger partial charge in [0.1, 0.15) is 0 Å². The van der Waals surface area contributed by atoms with Crippen molar-refractivity contribution in [1.29, 1.82) is 0 Å². The van der Waals surface area contributed by atoms with Crippen molar-refractivity contribution in [3.63, 3.8) is 0 Å². The fourth-order valence-corrected chi connectivity index (χ4v) is 10.2. The maximum absolute atomic E-state index is 5.12. The molecule has 0 spiro atoms. The van der Waals surface area contributed by atoms with E-state index in [2.05, 4.69) is 238 Å². The Hall–Kier alpha value is -6.02. The van der Waals surface area contributed by atoms with Crippen LogP contribution in [0.25, 0.3) is 50.3 Å². The van der Waals surface area contributed by atoms with Crippen molar-refractivity contribution in [3.8, 4) is 44.6 Å². The molecule has 0 N–H and O–H groups in total. The van der Waals surface area contributed by atoms with Crippen LogP contribution >= 0.6 is 0 Å². The van der Waals surface area contributed by atoms with Crippen molar-refractivity contribution in [2.75, 3.05) is 18.5 Å². The van der Waals surface area contributed by atoms with Crippen LogP contribution in [0.4, 0.5) is 17.1 Å². The zero-order valence-electron chi connectivity index (χ0n) is 34.9. The number of allylic oxidation sites excluding steroid dienone is 2. The van der Waals surface area contributed by atoms with Crippen LogP contribution in [0.3, 0.4) is 0 Å². The number of likely N-dealkylation sites (N-methyl/N-ethyl adjacent to an activating group) is 1. The van der Waals surface area contributed by atoms with Gasteiger partial charge >= 0.3 is 0 Å². The summed E-state index contributed by atoms with van der Waals surface area (Å²) in [7, 11) is -0.750. The van der Waals surface area contributed by atoms with E-state index in [1.807, 2.05) is 0 Å². The SMILES string of the molecule is CN1CC([Si](C)(C)C)=CC=C1c1cc(-c2ccccc2)cc(N(c2cc(-c3ccccc3)cc(-c3ccc([Si](C)(C)C)cn3)c2)c2ccccc2-c2ccccc2)c1. The van der Waals surface area contributed by atoms with E-state index in [-0.39, 0.29) is 0 Å². The molecule has 0 unspecified atom stereocenters. The number of rotatable bonds is 10. The number of hydrogen-bond acceptors (Lipinski definition) is 3. The van der Waals surface area contributed by atoms with Gasteiger partial charge in [0.05, 0.1) is 27.5 Å². The average molecular weight is 788 g/mol. The maximum atomic E-state index is 5.12. The molecule has 1 aromatic heterocycles. The number of para-hydroxylation sites is 1. The van der Waals surface area contributed by atoms with E-state index in [0.717, 1.165) is 46.0 Å². The molecule has 8 rings (SSSR count). The summed E-state index contributed by atoms with van der Waals surface area (Å²) >= 11 is 0. The van der Waals surface area contributed by atoms with Crippen molar-refractivity contribution < 1.29 is 0 Å². The Balaban J connectivity index is 1.42. The minimum atomic E-state index is -1.53. The van der Waals surface area contributed by atoms with Gasteiger partial charge < -0.3 is 9.80 Å². The monoisotopic (exact) mass is 787 g/mol. The quantitative estimate of drug-likeness (QED) is 0.129. The minimum Gasteiger partial charge on any atom is -0.370 e. The number of benzene rings is 6. The zero-order valence-corrected chi connectivity index (χ0v) is 36.9. The third-order valence-corrected chi connectivity index (χ3v) is 15.5. The molecule has 1 aliphatic rings. The second-order valence-corrected chi connectivity index (χ2v) is 27.7. The fraction of sp³-hybridized carbons (Fsp3) is 0.151. The smallest absolute Gasteiger partial charge is 0.0796 e. The fourth-order valence-electron chi connectivity index (χ4n) is 7.84. The van der Waals surface area contributed by atoms with Gasteiger partial charge in [-0.05, 0) is 87.6 Å². The van der Waals surface area contributed by atoms with Gasteiger partial charge in [-0.15, -0.1) is 0 Å². The largest absolute Gasteiger partial charge is 0.370 e. The highest BCUT2D eigenvalue weighted by molar-refractivity contribution is 6.88. The summed E-state index contributed by atoms with van der Waals surface area (Å²) in [6.07, 6.45) is 6.84.